The third kappa shape index (κ3) is 8.98. The second kappa shape index (κ2) is 11.8. The van der Waals surface area contributed by atoms with Crippen LogP contribution in [0.1, 0.15) is 39.2 Å². The van der Waals surface area contributed by atoms with Crippen LogP contribution in [0.25, 0.3) is 0 Å². The Labute approximate surface area is 183 Å². The molecular formula is C22H32N2O7. The van der Waals surface area contributed by atoms with Crippen molar-refractivity contribution in [2.45, 2.75) is 51.8 Å². The van der Waals surface area contributed by atoms with Crippen molar-refractivity contribution in [3.05, 3.63) is 36.4 Å². The lowest BCUT2D eigenvalue weighted by molar-refractivity contribution is -0.143. The minimum absolute atomic E-state index is 0.000224. The van der Waals surface area contributed by atoms with E-state index in [0.29, 0.717) is 11.3 Å². The number of nitrogens with one attached hydrogen (secondary N) is 1. The number of nitrogens with zero attached hydrogens (tertiary/aromatic N) is 1. The Morgan fingerprint density at radius 1 is 1.26 bits per heavy atom. The van der Waals surface area contributed by atoms with E-state index in [2.05, 4.69) is 11.9 Å². The van der Waals surface area contributed by atoms with Gasteiger partial charge in [-0.15, -0.1) is 6.58 Å². The summed E-state index contributed by atoms with van der Waals surface area (Å²) in [6.07, 6.45) is 0.768. The molecule has 1 aromatic carbocycles. The summed E-state index contributed by atoms with van der Waals surface area (Å²) in [6, 6.07) is 3.77. The molecule has 1 rings (SSSR count). The standard InChI is InChI=1S/C22H32N2O7/c1-7-12-24(14-15-8-9-16(29-5)13-18(15)25)19(26)11-10-17(20(27)30-6)23-21(28)31-22(2,3)4/h7-9,13,17,25H,1,10-12,14H2,2-6H3,(H,23,28)/t17-/m0/s1. The van der Waals surface area contributed by atoms with Crippen LogP contribution >= 0.6 is 0 Å². The fourth-order valence-corrected chi connectivity index (χ4v) is 2.69. The van der Waals surface area contributed by atoms with Crippen LogP contribution in [0, 0.1) is 0 Å². The molecule has 172 valence electrons. The van der Waals surface area contributed by atoms with Gasteiger partial charge in [0.05, 0.1) is 14.2 Å². The highest BCUT2D eigenvalue weighted by atomic mass is 16.6. The molecule has 31 heavy (non-hydrogen) atoms. The highest BCUT2D eigenvalue weighted by Crippen LogP contribution is 2.25. The molecule has 0 spiro atoms. The lowest BCUT2D eigenvalue weighted by Crippen LogP contribution is -2.44. The van der Waals surface area contributed by atoms with Gasteiger partial charge in [0.15, 0.2) is 0 Å². The van der Waals surface area contributed by atoms with E-state index in [-0.39, 0.29) is 37.6 Å². The zero-order valence-electron chi connectivity index (χ0n) is 18.8. The van der Waals surface area contributed by atoms with E-state index in [9.17, 15) is 19.5 Å². The lowest BCUT2D eigenvalue weighted by atomic mass is 10.1. The summed E-state index contributed by atoms with van der Waals surface area (Å²) in [6.45, 7) is 9.14. The van der Waals surface area contributed by atoms with Gasteiger partial charge >= 0.3 is 12.1 Å². The Kier molecular flexibility index (Phi) is 9.85. The number of carbonyl (C=O) groups excluding carboxylic acids is 3. The van der Waals surface area contributed by atoms with Crippen molar-refractivity contribution in [1.29, 1.82) is 0 Å². The van der Waals surface area contributed by atoms with Gasteiger partial charge in [-0.25, -0.2) is 9.59 Å². The Morgan fingerprint density at radius 2 is 1.94 bits per heavy atom. The van der Waals surface area contributed by atoms with Crippen LogP contribution in [0.3, 0.4) is 0 Å². The summed E-state index contributed by atoms with van der Waals surface area (Å²) < 4.78 is 14.9. The van der Waals surface area contributed by atoms with Gasteiger partial charge < -0.3 is 29.5 Å². The Morgan fingerprint density at radius 3 is 2.45 bits per heavy atom. The van der Waals surface area contributed by atoms with Crippen LogP contribution < -0.4 is 10.1 Å². The third-order valence-electron chi connectivity index (χ3n) is 4.18. The first-order valence-corrected chi connectivity index (χ1v) is 9.82. The van der Waals surface area contributed by atoms with Crippen molar-refractivity contribution in [2.24, 2.45) is 0 Å². The number of hydrogen-bond donors (Lipinski definition) is 2. The van der Waals surface area contributed by atoms with Crippen molar-refractivity contribution < 1.29 is 33.7 Å². The minimum Gasteiger partial charge on any atom is -0.507 e. The smallest absolute Gasteiger partial charge is 0.408 e. The number of ether oxygens (including phenoxy) is 3. The van der Waals surface area contributed by atoms with E-state index < -0.39 is 23.7 Å². The van der Waals surface area contributed by atoms with E-state index >= 15 is 0 Å². The largest absolute Gasteiger partial charge is 0.507 e. The van der Waals surface area contributed by atoms with E-state index in [1.807, 2.05) is 0 Å². The molecule has 0 aromatic heterocycles. The van der Waals surface area contributed by atoms with Crippen molar-refractivity contribution >= 4 is 18.0 Å². The average Bonchev–Trinajstić information content (AvgIpc) is 2.69. The maximum atomic E-state index is 12.8. The van der Waals surface area contributed by atoms with E-state index in [1.165, 1.54) is 25.2 Å². The van der Waals surface area contributed by atoms with E-state index in [0.717, 1.165) is 0 Å². The van der Waals surface area contributed by atoms with Crippen LogP contribution in [0.5, 0.6) is 11.5 Å². The number of alkyl carbamates (subject to hydrolysis) is 1. The molecule has 0 unspecified atom stereocenters. The summed E-state index contributed by atoms with van der Waals surface area (Å²) in [7, 11) is 2.69. The predicted octanol–water partition coefficient (Wildman–Crippen LogP) is 2.76. The Balaban J connectivity index is 2.83. The van der Waals surface area contributed by atoms with Crippen LogP contribution in [0.2, 0.25) is 0 Å². The molecule has 9 nitrogen and oxygen atoms in total. The molecule has 2 amide bonds. The number of phenols is 1. The molecule has 1 aromatic rings. The molecule has 0 aliphatic carbocycles. The quantitative estimate of drug-likeness (QED) is 0.428. The highest BCUT2D eigenvalue weighted by Gasteiger charge is 2.26. The monoisotopic (exact) mass is 436 g/mol. The molecule has 0 bridgehead atoms. The van der Waals surface area contributed by atoms with Gasteiger partial charge in [-0.05, 0) is 39.3 Å². The molecule has 0 saturated carbocycles. The second-order valence-corrected chi connectivity index (χ2v) is 7.82. The first-order valence-electron chi connectivity index (χ1n) is 9.82. The number of esters is 1. The molecule has 0 heterocycles. The van der Waals surface area contributed by atoms with E-state index in [1.54, 1.807) is 39.0 Å². The van der Waals surface area contributed by atoms with E-state index in [4.69, 9.17) is 14.2 Å². The number of rotatable bonds is 10. The second-order valence-electron chi connectivity index (χ2n) is 7.82. The summed E-state index contributed by atoms with van der Waals surface area (Å²) >= 11 is 0. The van der Waals surface area contributed by atoms with Crippen molar-refractivity contribution in [1.82, 2.24) is 10.2 Å². The van der Waals surface area contributed by atoms with Crippen LogP contribution in [-0.2, 0) is 25.6 Å². The van der Waals surface area contributed by atoms with Gasteiger partial charge in [-0.2, -0.15) is 0 Å². The van der Waals surface area contributed by atoms with Crippen molar-refractivity contribution in [3.63, 3.8) is 0 Å². The third-order valence-corrected chi connectivity index (χ3v) is 4.18. The normalized spacial score (nSPS) is 11.8. The fourth-order valence-electron chi connectivity index (χ4n) is 2.69. The van der Waals surface area contributed by atoms with Gasteiger partial charge in [0.2, 0.25) is 5.91 Å². The van der Waals surface area contributed by atoms with Crippen LogP contribution in [0.15, 0.2) is 30.9 Å². The molecule has 0 aliphatic heterocycles. The minimum atomic E-state index is -1.04. The fraction of sp³-hybridized carbons (Fsp3) is 0.500. The molecule has 1 atom stereocenters. The average molecular weight is 437 g/mol. The van der Waals surface area contributed by atoms with Crippen molar-refractivity contribution in [3.8, 4) is 11.5 Å². The SMILES string of the molecule is C=CCN(Cc1ccc(OC)cc1O)C(=O)CC[C@H](NC(=O)OC(C)(C)C)C(=O)OC. The van der Waals surface area contributed by atoms with Crippen LogP contribution in [-0.4, -0.2) is 60.4 Å². The van der Waals surface area contributed by atoms with Gasteiger partial charge in [-0.1, -0.05) is 6.08 Å². The van der Waals surface area contributed by atoms with Crippen molar-refractivity contribution in [2.75, 3.05) is 20.8 Å². The molecule has 0 aliphatic rings. The molecule has 9 heteroatoms. The number of hydrogen-bond acceptors (Lipinski definition) is 7. The summed E-state index contributed by atoms with van der Waals surface area (Å²) in [4.78, 5) is 38.3. The number of amides is 2. The summed E-state index contributed by atoms with van der Waals surface area (Å²) in [5.41, 5.74) is -0.200. The molecule has 0 saturated heterocycles. The molecule has 2 N–H and O–H groups in total. The summed E-state index contributed by atoms with van der Waals surface area (Å²) in [5, 5.41) is 12.6. The lowest BCUT2D eigenvalue weighted by Gasteiger charge is -2.24. The number of aromatic hydroxyl groups is 1. The first-order chi connectivity index (χ1) is 14.5. The molecule has 0 radical (unpaired) electrons. The van der Waals surface area contributed by atoms with Gasteiger partial charge in [0.1, 0.15) is 23.1 Å². The number of methoxy groups -OCH3 is 2. The maximum absolute atomic E-state index is 12.8. The van der Waals surface area contributed by atoms with Gasteiger partial charge in [0, 0.05) is 31.1 Å². The number of phenolic OH excluding ortho intramolecular Hbond substituents is 1. The van der Waals surface area contributed by atoms with Crippen LogP contribution in [0.4, 0.5) is 4.79 Å². The topological polar surface area (TPSA) is 114 Å². The molecule has 0 fully saturated rings. The number of benzene rings is 1. The maximum Gasteiger partial charge on any atom is 0.408 e. The van der Waals surface area contributed by atoms with Gasteiger partial charge in [0.25, 0.3) is 0 Å². The first kappa shape index (κ1) is 25.8. The molecular weight excluding hydrogens is 404 g/mol. The zero-order chi connectivity index (χ0) is 23.6. The summed E-state index contributed by atoms with van der Waals surface area (Å²) in [5.74, 6) is -0.464. The van der Waals surface area contributed by atoms with Gasteiger partial charge in [-0.3, -0.25) is 4.79 Å². The highest BCUT2D eigenvalue weighted by molar-refractivity contribution is 5.83. The predicted molar refractivity (Wildman–Crippen MR) is 115 cm³/mol. The zero-order valence-corrected chi connectivity index (χ0v) is 18.8. The Bertz CT molecular complexity index is 787. The Hall–Kier alpha value is -3.23. The number of carbonyl (C=O) groups is 3.